The normalized spacial score (nSPS) is 17.1. The summed E-state index contributed by atoms with van der Waals surface area (Å²) in [4.78, 5) is -0.777. The zero-order valence-corrected chi connectivity index (χ0v) is 16.5. The number of piperidine rings is 1. The Labute approximate surface area is 170 Å². The summed E-state index contributed by atoms with van der Waals surface area (Å²) >= 11 is 5.66. The number of nitrogens with zero attached hydrogens (tertiary/aromatic N) is 4. The van der Waals surface area contributed by atoms with E-state index < -0.39 is 26.7 Å². The van der Waals surface area contributed by atoms with Gasteiger partial charge in [-0.3, -0.25) is 4.40 Å². The molecule has 0 aliphatic carbocycles. The average Bonchev–Trinajstić information content (AvgIpc) is 3.11. The molecule has 0 spiro atoms. The molecule has 1 saturated heterocycles. The molecule has 3 aromatic rings. The highest BCUT2D eigenvalue weighted by atomic mass is 35.5. The van der Waals surface area contributed by atoms with Crippen LogP contribution in [0.25, 0.3) is 5.65 Å². The van der Waals surface area contributed by atoms with Crippen LogP contribution >= 0.6 is 11.6 Å². The Kier molecular flexibility index (Phi) is 5.04. The molecule has 3 heterocycles. The highest BCUT2D eigenvalue weighted by Crippen LogP contribution is 2.38. The Bertz CT molecular complexity index is 1160. The lowest BCUT2D eigenvalue weighted by Gasteiger charge is -2.31. The third-order valence-electron chi connectivity index (χ3n) is 5.02. The van der Waals surface area contributed by atoms with Gasteiger partial charge in [-0.25, -0.2) is 8.42 Å². The maximum atomic E-state index is 13.4. The fourth-order valence-electron chi connectivity index (χ4n) is 3.58. The summed E-state index contributed by atoms with van der Waals surface area (Å²) in [5.74, 6) is 0.686. The number of halogens is 4. The highest BCUT2D eigenvalue weighted by Gasteiger charge is 2.40. The zero-order chi connectivity index (χ0) is 20.8. The molecule has 0 bridgehead atoms. The van der Waals surface area contributed by atoms with E-state index in [9.17, 15) is 21.6 Å². The summed E-state index contributed by atoms with van der Waals surface area (Å²) in [7, 11) is -4.32. The molecule has 0 saturated carbocycles. The minimum atomic E-state index is -4.83. The van der Waals surface area contributed by atoms with Crippen molar-refractivity contribution in [1.29, 1.82) is 0 Å². The van der Waals surface area contributed by atoms with E-state index >= 15 is 0 Å². The van der Waals surface area contributed by atoms with Crippen molar-refractivity contribution < 1.29 is 21.6 Å². The molecule has 1 aliphatic rings. The number of sulfonamides is 1. The topological polar surface area (TPSA) is 67.6 Å². The van der Waals surface area contributed by atoms with Crippen LogP contribution in [-0.4, -0.2) is 40.4 Å². The minimum Gasteiger partial charge on any atom is -0.286 e. The fourth-order valence-corrected chi connectivity index (χ4v) is 5.41. The Morgan fingerprint density at radius 2 is 1.79 bits per heavy atom. The number of alkyl halides is 3. The number of rotatable bonds is 3. The maximum Gasteiger partial charge on any atom is 0.417 e. The minimum absolute atomic E-state index is 0.0360. The zero-order valence-electron chi connectivity index (χ0n) is 15.0. The molecular weight excluding hydrogens is 429 g/mol. The standard InChI is InChI=1S/C18H16ClF3N4O2S/c19-13-4-5-15(14(11-13)18(20,21)22)29(27,28)25-9-6-12(7-10-25)17-24-23-16-3-1-2-8-26(16)17/h1-5,8,11-12H,6-7,9-10H2. The van der Waals surface area contributed by atoms with Crippen molar-refractivity contribution in [2.24, 2.45) is 0 Å². The van der Waals surface area contributed by atoms with E-state index in [-0.39, 0.29) is 24.0 Å². The molecule has 1 fully saturated rings. The van der Waals surface area contributed by atoms with E-state index in [1.54, 1.807) is 0 Å². The van der Waals surface area contributed by atoms with Gasteiger partial charge in [0.15, 0.2) is 5.65 Å². The van der Waals surface area contributed by atoms with Crippen LogP contribution in [0, 0.1) is 0 Å². The van der Waals surface area contributed by atoms with Crippen LogP contribution in [0.4, 0.5) is 13.2 Å². The first-order chi connectivity index (χ1) is 13.7. The second kappa shape index (κ2) is 7.26. The lowest BCUT2D eigenvalue weighted by Crippen LogP contribution is -2.39. The second-order valence-electron chi connectivity index (χ2n) is 6.80. The molecule has 0 amide bonds. The SMILES string of the molecule is O=S(=O)(c1ccc(Cl)cc1C(F)(F)F)N1CCC(c2nnc3ccccn23)CC1. The van der Waals surface area contributed by atoms with E-state index in [1.165, 1.54) is 0 Å². The van der Waals surface area contributed by atoms with E-state index in [0.717, 1.165) is 22.3 Å². The van der Waals surface area contributed by atoms with Gasteiger partial charge in [-0.1, -0.05) is 17.7 Å². The van der Waals surface area contributed by atoms with Gasteiger partial charge in [0, 0.05) is 30.2 Å². The summed E-state index contributed by atoms with van der Waals surface area (Å²) in [6.45, 7) is 0.184. The summed E-state index contributed by atoms with van der Waals surface area (Å²) in [6.07, 6.45) is -2.13. The first kappa shape index (κ1) is 20.1. The van der Waals surface area contributed by atoms with Crippen LogP contribution < -0.4 is 0 Å². The van der Waals surface area contributed by atoms with Crippen LogP contribution in [0.3, 0.4) is 0 Å². The predicted molar refractivity (Wildman–Crippen MR) is 100 cm³/mol. The van der Waals surface area contributed by atoms with Crippen LogP contribution in [-0.2, 0) is 16.2 Å². The van der Waals surface area contributed by atoms with Crippen molar-refractivity contribution in [3.8, 4) is 0 Å². The number of pyridine rings is 1. The second-order valence-corrected chi connectivity index (χ2v) is 9.15. The Hall–Kier alpha value is -2.17. The molecule has 1 aliphatic heterocycles. The summed E-state index contributed by atoms with van der Waals surface area (Å²) in [5, 5.41) is 8.13. The summed E-state index contributed by atoms with van der Waals surface area (Å²) in [6, 6.07) is 8.21. The van der Waals surface area contributed by atoms with E-state index in [4.69, 9.17) is 11.6 Å². The lowest BCUT2D eigenvalue weighted by molar-refractivity contribution is -0.139. The number of hydrogen-bond acceptors (Lipinski definition) is 4. The molecule has 11 heteroatoms. The third-order valence-corrected chi connectivity index (χ3v) is 7.22. The molecule has 1 aromatic carbocycles. The number of hydrogen-bond donors (Lipinski definition) is 0. The molecule has 0 unspecified atom stereocenters. The molecule has 0 radical (unpaired) electrons. The van der Waals surface area contributed by atoms with Crippen LogP contribution in [0.2, 0.25) is 5.02 Å². The number of aromatic nitrogens is 3. The Balaban J connectivity index is 1.59. The smallest absolute Gasteiger partial charge is 0.286 e. The van der Waals surface area contributed by atoms with Gasteiger partial charge in [0.05, 0.1) is 10.5 Å². The highest BCUT2D eigenvalue weighted by molar-refractivity contribution is 7.89. The van der Waals surface area contributed by atoms with Gasteiger partial charge in [0.2, 0.25) is 10.0 Å². The van der Waals surface area contributed by atoms with Gasteiger partial charge in [-0.05, 0) is 43.2 Å². The van der Waals surface area contributed by atoms with Crippen LogP contribution in [0.5, 0.6) is 0 Å². The first-order valence-corrected chi connectivity index (χ1v) is 10.7. The molecule has 0 N–H and O–H groups in total. The van der Waals surface area contributed by atoms with Gasteiger partial charge in [-0.15, -0.1) is 10.2 Å². The molecule has 0 atom stereocenters. The largest absolute Gasteiger partial charge is 0.417 e. The first-order valence-electron chi connectivity index (χ1n) is 8.84. The van der Waals surface area contributed by atoms with Crippen molar-refractivity contribution in [2.45, 2.75) is 29.8 Å². The quantitative estimate of drug-likeness (QED) is 0.613. The van der Waals surface area contributed by atoms with Crippen LogP contribution in [0.1, 0.15) is 30.1 Å². The van der Waals surface area contributed by atoms with Crippen LogP contribution in [0.15, 0.2) is 47.5 Å². The van der Waals surface area contributed by atoms with Crippen molar-refractivity contribution in [2.75, 3.05) is 13.1 Å². The third kappa shape index (κ3) is 3.72. The van der Waals surface area contributed by atoms with Gasteiger partial charge < -0.3 is 0 Å². The monoisotopic (exact) mass is 444 g/mol. The van der Waals surface area contributed by atoms with E-state index in [0.29, 0.717) is 24.6 Å². The van der Waals surface area contributed by atoms with Gasteiger partial charge in [0.25, 0.3) is 0 Å². The van der Waals surface area contributed by atoms with E-state index in [2.05, 4.69) is 10.2 Å². The number of benzene rings is 1. The average molecular weight is 445 g/mol. The number of fused-ring (bicyclic) bond motifs is 1. The Morgan fingerprint density at radius 1 is 1.07 bits per heavy atom. The maximum absolute atomic E-state index is 13.4. The summed E-state index contributed by atoms with van der Waals surface area (Å²) < 4.78 is 68.9. The molecule has 4 rings (SSSR count). The predicted octanol–water partition coefficient (Wildman–Crippen LogP) is 3.97. The molecule has 29 heavy (non-hydrogen) atoms. The van der Waals surface area contributed by atoms with Gasteiger partial charge in [0.1, 0.15) is 5.82 Å². The lowest BCUT2D eigenvalue weighted by atomic mass is 9.97. The van der Waals surface area contributed by atoms with Crippen molar-refractivity contribution in [3.63, 3.8) is 0 Å². The van der Waals surface area contributed by atoms with Crippen molar-refractivity contribution in [3.05, 3.63) is 59.0 Å². The molecular formula is C18H16ClF3N4O2S. The van der Waals surface area contributed by atoms with Gasteiger partial charge in [-0.2, -0.15) is 17.5 Å². The molecule has 2 aromatic heterocycles. The summed E-state index contributed by atoms with van der Waals surface area (Å²) in [5.41, 5.74) is -0.566. The Morgan fingerprint density at radius 3 is 2.48 bits per heavy atom. The van der Waals surface area contributed by atoms with Crippen molar-refractivity contribution >= 4 is 27.3 Å². The van der Waals surface area contributed by atoms with Crippen molar-refractivity contribution in [1.82, 2.24) is 18.9 Å². The molecule has 6 nitrogen and oxygen atoms in total. The molecule has 154 valence electrons. The van der Waals surface area contributed by atoms with E-state index in [1.807, 2.05) is 28.8 Å². The fraction of sp³-hybridized carbons (Fsp3) is 0.333. The van der Waals surface area contributed by atoms with Gasteiger partial charge >= 0.3 is 6.18 Å².